The second-order valence-electron chi connectivity index (χ2n) is 6.55. The number of nitro groups is 1. The van der Waals surface area contributed by atoms with Gasteiger partial charge in [0.2, 0.25) is 0 Å². The minimum atomic E-state index is -0.823. The molecule has 1 saturated heterocycles. The number of ether oxygens (including phenoxy) is 1. The Labute approximate surface area is 186 Å². The molecule has 1 amide bonds. The fourth-order valence-corrected chi connectivity index (χ4v) is 3.69. The summed E-state index contributed by atoms with van der Waals surface area (Å²) in [6.07, 6.45) is 1.70. The average Bonchev–Trinajstić information content (AvgIpc) is 3.14. The van der Waals surface area contributed by atoms with Gasteiger partial charge in [0.1, 0.15) is 11.3 Å². The second-order valence-corrected chi connectivity index (χ2v) is 7.58. The van der Waals surface area contributed by atoms with Crippen molar-refractivity contribution in [1.82, 2.24) is 5.32 Å². The number of amidine groups is 1. The fraction of sp³-hybridized carbons (Fsp3) is 0. The number of hydrogen-bond acceptors (Lipinski definition) is 7. The van der Waals surface area contributed by atoms with E-state index in [0.29, 0.717) is 15.6 Å². The summed E-state index contributed by atoms with van der Waals surface area (Å²) in [6, 6.07) is 21.3. The van der Waals surface area contributed by atoms with Crippen LogP contribution in [0.25, 0.3) is 6.08 Å². The van der Waals surface area contributed by atoms with Crippen LogP contribution in [0.5, 0.6) is 5.75 Å². The number of aliphatic imine (C=N–C) groups is 1. The summed E-state index contributed by atoms with van der Waals surface area (Å²) < 4.78 is 5.25. The molecule has 158 valence electrons. The minimum Gasteiger partial charge on any atom is -0.423 e. The highest BCUT2D eigenvalue weighted by Crippen LogP contribution is 2.28. The van der Waals surface area contributed by atoms with Crippen LogP contribution in [0.4, 0.5) is 11.4 Å². The molecule has 0 radical (unpaired) electrons. The van der Waals surface area contributed by atoms with Crippen molar-refractivity contribution in [1.29, 1.82) is 0 Å². The third-order valence-electron chi connectivity index (χ3n) is 4.35. The molecule has 1 aliphatic heterocycles. The molecule has 8 nitrogen and oxygen atoms in total. The van der Waals surface area contributed by atoms with Gasteiger partial charge < -0.3 is 10.1 Å². The molecule has 0 unspecified atom stereocenters. The summed E-state index contributed by atoms with van der Waals surface area (Å²) in [6.45, 7) is 0. The van der Waals surface area contributed by atoms with Gasteiger partial charge in [0.25, 0.3) is 11.6 Å². The number of carbonyl (C=O) groups is 2. The molecule has 1 N–H and O–H groups in total. The Kier molecular flexibility index (Phi) is 6.09. The molecule has 9 heteroatoms. The molecule has 3 aromatic rings. The number of hydrogen-bond donors (Lipinski definition) is 1. The molecule has 0 spiro atoms. The van der Waals surface area contributed by atoms with Crippen molar-refractivity contribution in [2.45, 2.75) is 0 Å². The molecule has 0 saturated carbocycles. The van der Waals surface area contributed by atoms with Gasteiger partial charge in [0, 0.05) is 6.07 Å². The Balaban J connectivity index is 1.46. The van der Waals surface area contributed by atoms with Crippen LogP contribution >= 0.6 is 11.8 Å². The Hall–Kier alpha value is -4.24. The zero-order valence-corrected chi connectivity index (χ0v) is 17.2. The molecule has 32 heavy (non-hydrogen) atoms. The molecule has 3 aromatic carbocycles. The first-order valence-corrected chi connectivity index (χ1v) is 10.2. The van der Waals surface area contributed by atoms with Crippen LogP contribution in [0.2, 0.25) is 0 Å². The molecule has 0 bridgehead atoms. The summed E-state index contributed by atoms with van der Waals surface area (Å²) in [4.78, 5) is 39.9. The molecular formula is C23H15N3O5S. The van der Waals surface area contributed by atoms with E-state index in [1.54, 1.807) is 30.3 Å². The van der Waals surface area contributed by atoms with Crippen LogP contribution in [0.15, 0.2) is 88.8 Å². The number of thioether (sulfide) groups is 1. The third-order valence-corrected chi connectivity index (χ3v) is 5.26. The van der Waals surface area contributed by atoms with Crippen molar-refractivity contribution in [3.63, 3.8) is 0 Å². The molecule has 0 atom stereocenters. The lowest BCUT2D eigenvalue weighted by Gasteiger charge is -2.05. The molecular weight excluding hydrogens is 430 g/mol. The molecule has 1 fully saturated rings. The van der Waals surface area contributed by atoms with Crippen molar-refractivity contribution in [2.75, 3.05) is 0 Å². The largest absolute Gasteiger partial charge is 0.423 e. The first-order chi connectivity index (χ1) is 15.5. The van der Waals surface area contributed by atoms with E-state index < -0.39 is 10.9 Å². The van der Waals surface area contributed by atoms with Crippen LogP contribution in [0.1, 0.15) is 15.9 Å². The van der Waals surface area contributed by atoms with Gasteiger partial charge in [0.15, 0.2) is 5.17 Å². The lowest BCUT2D eigenvalue weighted by molar-refractivity contribution is -0.385. The Bertz CT molecular complexity index is 1250. The van der Waals surface area contributed by atoms with E-state index in [1.165, 1.54) is 36.0 Å². The van der Waals surface area contributed by atoms with Crippen molar-refractivity contribution in [3.05, 3.63) is 105 Å². The van der Waals surface area contributed by atoms with Crippen LogP contribution < -0.4 is 10.1 Å². The summed E-state index contributed by atoms with van der Waals surface area (Å²) in [7, 11) is 0. The summed E-state index contributed by atoms with van der Waals surface area (Å²) in [5.74, 6) is -0.849. The van der Waals surface area contributed by atoms with E-state index in [-0.39, 0.29) is 22.9 Å². The van der Waals surface area contributed by atoms with Crippen molar-refractivity contribution in [2.24, 2.45) is 4.99 Å². The zero-order chi connectivity index (χ0) is 22.5. The van der Waals surface area contributed by atoms with Gasteiger partial charge in [-0.1, -0.05) is 42.5 Å². The molecule has 1 aliphatic rings. The highest BCUT2D eigenvalue weighted by molar-refractivity contribution is 8.18. The lowest BCUT2D eigenvalue weighted by atomic mass is 10.2. The fourth-order valence-electron chi connectivity index (χ4n) is 2.85. The topological polar surface area (TPSA) is 111 Å². The Morgan fingerprint density at radius 3 is 2.41 bits per heavy atom. The summed E-state index contributed by atoms with van der Waals surface area (Å²) in [5.41, 5.74) is 1.000. The predicted molar refractivity (Wildman–Crippen MR) is 122 cm³/mol. The number of para-hydroxylation sites is 2. The van der Waals surface area contributed by atoms with E-state index in [9.17, 15) is 19.7 Å². The molecule has 0 aromatic heterocycles. The quantitative estimate of drug-likeness (QED) is 0.200. The first kappa shape index (κ1) is 21.0. The molecule has 4 rings (SSSR count). The van der Waals surface area contributed by atoms with Crippen LogP contribution in [-0.2, 0) is 4.79 Å². The van der Waals surface area contributed by atoms with Gasteiger partial charge in [-0.25, -0.2) is 9.79 Å². The zero-order valence-electron chi connectivity index (χ0n) is 16.4. The number of carbonyl (C=O) groups excluding carboxylic acids is 2. The first-order valence-electron chi connectivity index (χ1n) is 9.40. The third kappa shape index (κ3) is 4.90. The molecule has 1 heterocycles. The maximum atomic E-state index is 12.3. The number of amides is 1. The highest BCUT2D eigenvalue weighted by Gasteiger charge is 2.24. The number of rotatable bonds is 5. The van der Waals surface area contributed by atoms with Crippen LogP contribution in [-0.4, -0.2) is 22.0 Å². The number of nitro benzene ring substituents is 1. The summed E-state index contributed by atoms with van der Waals surface area (Å²) >= 11 is 1.23. The van der Waals surface area contributed by atoms with E-state index >= 15 is 0 Å². The number of benzene rings is 3. The van der Waals surface area contributed by atoms with Gasteiger partial charge in [-0.3, -0.25) is 14.9 Å². The maximum absolute atomic E-state index is 12.3. The van der Waals surface area contributed by atoms with Crippen molar-refractivity contribution >= 4 is 46.3 Å². The lowest BCUT2D eigenvalue weighted by Crippen LogP contribution is -2.19. The van der Waals surface area contributed by atoms with E-state index in [0.717, 1.165) is 5.69 Å². The monoisotopic (exact) mass is 445 g/mol. The Morgan fingerprint density at radius 1 is 1.00 bits per heavy atom. The number of esters is 1. The smallest absolute Gasteiger partial charge is 0.350 e. The number of nitrogens with zero attached hydrogens (tertiary/aromatic N) is 2. The van der Waals surface area contributed by atoms with Gasteiger partial charge in [0.05, 0.1) is 15.5 Å². The summed E-state index contributed by atoms with van der Waals surface area (Å²) in [5, 5.41) is 14.3. The number of nitrogens with one attached hydrogen (secondary N) is 1. The molecule has 0 aliphatic carbocycles. The van der Waals surface area contributed by atoms with Crippen LogP contribution in [0.3, 0.4) is 0 Å². The normalized spacial score (nSPS) is 15.6. The van der Waals surface area contributed by atoms with E-state index in [2.05, 4.69) is 10.3 Å². The van der Waals surface area contributed by atoms with Gasteiger partial charge in [-0.15, -0.1) is 0 Å². The standard InChI is InChI=1S/C23H15N3O5S/c27-21-20(32-23(25-21)24-16-6-2-1-3-7-16)14-15-10-12-17(13-11-15)31-22(28)18-8-4-5-9-19(18)26(29)30/h1-14H,(H,24,25,27)/b20-14-. The second kappa shape index (κ2) is 9.27. The van der Waals surface area contributed by atoms with Crippen molar-refractivity contribution in [3.8, 4) is 5.75 Å². The van der Waals surface area contributed by atoms with Crippen LogP contribution in [0, 0.1) is 10.1 Å². The highest BCUT2D eigenvalue weighted by atomic mass is 32.2. The van der Waals surface area contributed by atoms with Gasteiger partial charge in [-0.05, 0) is 53.7 Å². The van der Waals surface area contributed by atoms with Crippen molar-refractivity contribution < 1.29 is 19.2 Å². The average molecular weight is 445 g/mol. The SMILES string of the molecule is O=C1NC(=Nc2ccccc2)S/C1=C\c1ccc(OC(=O)c2ccccc2[N+](=O)[O-])cc1. The maximum Gasteiger partial charge on any atom is 0.350 e. The minimum absolute atomic E-state index is 0.132. The van der Waals surface area contributed by atoms with E-state index in [4.69, 9.17) is 4.74 Å². The predicted octanol–water partition coefficient (Wildman–Crippen LogP) is 4.71. The van der Waals surface area contributed by atoms with E-state index in [1.807, 2.05) is 30.3 Å². The Morgan fingerprint density at radius 2 is 1.69 bits per heavy atom. The van der Waals surface area contributed by atoms with Gasteiger partial charge in [-0.2, -0.15) is 0 Å². The van der Waals surface area contributed by atoms with Gasteiger partial charge >= 0.3 is 5.97 Å².